The lowest BCUT2D eigenvalue weighted by Crippen LogP contribution is -2.46. The molecule has 1 aromatic rings. The fourth-order valence-electron chi connectivity index (χ4n) is 3.00. The van der Waals surface area contributed by atoms with Gasteiger partial charge in [0.15, 0.2) is 0 Å². The average Bonchev–Trinajstić information content (AvgIpc) is 2.49. The minimum atomic E-state index is -0.0961. The highest BCUT2D eigenvalue weighted by atomic mass is 19.1. The molecule has 3 nitrogen and oxygen atoms in total. The molecule has 4 heteroatoms. The zero-order valence-corrected chi connectivity index (χ0v) is 13.5. The van der Waals surface area contributed by atoms with Gasteiger partial charge in [0.2, 0.25) is 0 Å². The van der Waals surface area contributed by atoms with Crippen molar-refractivity contribution in [3.8, 4) is 0 Å². The number of rotatable bonds is 6. The first-order chi connectivity index (χ1) is 10.2. The molecule has 0 saturated carbocycles. The van der Waals surface area contributed by atoms with Gasteiger partial charge in [-0.2, -0.15) is 0 Å². The van der Waals surface area contributed by atoms with Gasteiger partial charge in [-0.15, -0.1) is 0 Å². The second-order valence-corrected chi connectivity index (χ2v) is 5.82. The Morgan fingerprint density at radius 2 is 1.90 bits per heavy atom. The lowest BCUT2D eigenvalue weighted by atomic mass is 10.1. The lowest BCUT2D eigenvalue weighted by Gasteiger charge is -2.36. The molecule has 0 aromatic heterocycles. The molecule has 1 unspecified atom stereocenters. The fourth-order valence-corrected chi connectivity index (χ4v) is 3.00. The fraction of sp³-hybridized carbons (Fsp3) is 0.647. The highest BCUT2D eigenvalue weighted by Crippen LogP contribution is 2.24. The summed E-state index contributed by atoms with van der Waals surface area (Å²) >= 11 is 0. The number of halogens is 1. The average molecular weight is 293 g/mol. The van der Waals surface area contributed by atoms with Crippen LogP contribution in [0.15, 0.2) is 18.2 Å². The second-order valence-electron chi connectivity index (χ2n) is 5.82. The summed E-state index contributed by atoms with van der Waals surface area (Å²) in [7, 11) is 0. The Hall–Kier alpha value is -1.13. The summed E-state index contributed by atoms with van der Waals surface area (Å²) in [6.07, 6.45) is 1.19. The highest BCUT2D eigenvalue weighted by molar-refractivity contribution is 5.50. The number of nitrogens with one attached hydrogen (secondary N) is 1. The highest BCUT2D eigenvalue weighted by Gasteiger charge is 2.19. The van der Waals surface area contributed by atoms with Crippen LogP contribution in [0.5, 0.6) is 0 Å². The van der Waals surface area contributed by atoms with E-state index in [1.165, 1.54) is 6.42 Å². The second kappa shape index (κ2) is 7.76. The van der Waals surface area contributed by atoms with E-state index in [1.54, 1.807) is 6.07 Å². The molecule has 0 spiro atoms. The van der Waals surface area contributed by atoms with E-state index in [2.05, 4.69) is 35.9 Å². The lowest BCUT2D eigenvalue weighted by molar-refractivity contribution is 0.258. The van der Waals surface area contributed by atoms with Gasteiger partial charge in [-0.25, -0.2) is 4.39 Å². The molecule has 1 fully saturated rings. The Balaban J connectivity index is 2.01. The Kier molecular flexibility index (Phi) is 6.00. The van der Waals surface area contributed by atoms with Crippen LogP contribution < -0.4 is 10.2 Å². The molecule has 1 aromatic carbocycles. The van der Waals surface area contributed by atoms with E-state index < -0.39 is 0 Å². The van der Waals surface area contributed by atoms with E-state index in [9.17, 15) is 4.39 Å². The minimum Gasteiger partial charge on any atom is -0.367 e. The summed E-state index contributed by atoms with van der Waals surface area (Å²) in [5.74, 6) is -0.0961. The molecule has 1 N–H and O–H groups in total. The standard InChI is InChI=1S/C17H28FN3/c1-4-8-20-9-11-21(12-10-20)17-7-6-15(13-16(17)18)14(3)19-5-2/h6-7,13-14,19H,4-5,8-12H2,1-3H3. The van der Waals surface area contributed by atoms with Crippen LogP contribution in [0.1, 0.15) is 38.8 Å². The van der Waals surface area contributed by atoms with Crippen LogP contribution in [-0.4, -0.2) is 44.2 Å². The largest absolute Gasteiger partial charge is 0.367 e. The Bertz CT molecular complexity index is 442. The molecule has 1 atom stereocenters. The third-order valence-electron chi connectivity index (χ3n) is 4.23. The quantitative estimate of drug-likeness (QED) is 0.870. The first-order valence-corrected chi connectivity index (χ1v) is 8.15. The van der Waals surface area contributed by atoms with E-state index in [1.807, 2.05) is 12.1 Å². The molecule has 118 valence electrons. The first kappa shape index (κ1) is 16.2. The SMILES string of the molecule is CCCN1CCN(c2ccc(C(C)NCC)cc2F)CC1. The molecule has 0 amide bonds. The van der Waals surface area contributed by atoms with Crippen molar-refractivity contribution in [3.05, 3.63) is 29.6 Å². The van der Waals surface area contributed by atoms with Crippen molar-refractivity contribution in [1.29, 1.82) is 0 Å². The maximum Gasteiger partial charge on any atom is 0.146 e. The molecule has 1 aliphatic heterocycles. The maximum atomic E-state index is 14.4. The van der Waals surface area contributed by atoms with Gasteiger partial charge in [-0.05, 0) is 44.1 Å². The number of nitrogens with zero attached hydrogens (tertiary/aromatic N) is 2. The van der Waals surface area contributed by atoms with Crippen LogP contribution in [0.25, 0.3) is 0 Å². The molecular weight excluding hydrogens is 265 g/mol. The molecule has 1 saturated heterocycles. The molecule has 1 aliphatic rings. The molecule has 0 aliphatic carbocycles. The number of benzene rings is 1. The molecule has 0 radical (unpaired) electrons. The van der Waals surface area contributed by atoms with Gasteiger partial charge in [0.25, 0.3) is 0 Å². The number of piperazine rings is 1. The summed E-state index contributed by atoms with van der Waals surface area (Å²) in [6, 6.07) is 5.86. The van der Waals surface area contributed by atoms with Gasteiger partial charge >= 0.3 is 0 Å². The van der Waals surface area contributed by atoms with Gasteiger partial charge in [0, 0.05) is 32.2 Å². The van der Waals surface area contributed by atoms with Crippen molar-refractivity contribution >= 4 is 5.69 Å². The van der Waals surface area contributed by atoms with E-state index in [0.29, 0.717) is 0 Å². The third-order valence-corrected chi connectivity index (χ3v) is 4.23. The van der Waals surface area contributed by atoms with Crippen molar-refractivity contribution in [2.45, 2.75) is 33.2 Å². The summed E-state index contributed by atoms with van der Waals surface area (Å²) in [4.78, 5) is 4.62. The molecule has 1 heterocycles. The normalized spacial score (nSPS) is 18.0. The van der Waals surface area contributed by atoms with Crippen LogP contribution >= 0.6 is 0 Å². The van der Waals surface area contributed by atoms with Crippen LogP contribution in [0.2, 0.25) is 0 Å². The maximum absolute atomic E-state index is 14.4. The smallest absolute Gasteiger partial charge is 0.146 e. The van der Waals surface area contributed by atoms with Crippen LogP contribution in [-0.2, 0) is 0 Å². The predicted octanol–water partition coefficient (Wildman–Crippen LogP) is 3.03. The Labute approximate surface area is 128 Å². The van der Waals surface area contributed by atoms with Crippen LogP contribution in [0, 0.1) is 5.82 Å². The summed E-state index contributed by atoms with van der Waals surface area (Å²) in [6.45, 7) is 12.3. The van der Waals surface area contributed by atoms with Crippen molar-refractivity contribution < 1.29 is 4.39 Å². The van der Waals surface area contributed by atoms with Crippen molar-refractivity contribution in [2.24, 2.45) is 0 Å². The number of hydrogen-bond donors (Lipinski definition) is 1. The van der Waals surface area contributed by atoms with Crippen LogP contribution in [0.4, 0.5) is 10.1 Å². The first-order valence-electron chi connectivity index (χ1n) is 8.15. The van der Waals surface area contributed by atoms with E-state index in [4.69, 9.17) is 0 Å². The number of anilines is 1. The van der Waals surface area contributed by atoms with E-state index >= 15 is 0 Å². The van der Waals surface area contributed by atoms with E-state index in [-0.39, 0.29) is 11.9 Å². The third kappa shape index (κ3) is 4.17. The zero-order chi connectivity index (χ0) is 15.2. The monoisotopic (exact) mass is 293 g/mol. The molecule has 21 heavy (non-hydrogen) atoms. The topological polar surface area (TPSA) is 18.5 Å². The van der Waals surface area contributed by atoms with Crippen LogP contribution in [0.3, 0.4) is 0 Å². The summed E-state index contributed by atoms with van der Waals surface area (Å²) in [5, 5.41) is 3.32. The predicted molar refractivity (Wildman–Crippen MR) is 87.4 cm³/mol. The van der Waals surface area contributed by atoms with E-state index in [0.717, 1.165) is 50.5 Å². The minimum absolute atomic E-state index is 0.0961. The summed E-state index contributed by atoms with van der Waals surface area (Å²) < 4.78 is 14.4. The van der Waals surface area contributed by atoms with Gasteiger partial charge in [0.1, 0.15) is 5.82 Å². The Morgan fingerprint density at radius 1 is 1.19 bits per heavy atom. The van der Waals surface area contributed by atoms with Crippen molar-refractivity contribution in [3.63, 3.8) is 0 Å². The van der Waals surface area contributed by atoms with Crippen molar-refractivity contribution in [2.75, 3.05) is 44.2 Å². The number of hydrogen-bond acceptors (Lipinski definition) is 3. The zero-order valence-electron chi connectivity index (χ0n) is 13.5. The molecular formula is C17H28FN3. The van der Waals surface area contributed by atoms with Gasteiger partial charge in [-0.1, -0.05) is 19.9 Å². The summed E-state index contributed by atoms with van der Waals surface area (Å²) in [5.41, 5.74) is 1.77. The molecule has 2 rings (SSSR count). The Morgan fingerprint density at radius 3 is 2.48 bits per heavy atom. The van der Waals surface area contributed by atoms with Gasteiger partial charge < -0.3 is 10.2 Å². The van der Waals surface area contributed by atoms with Crippen molar-refractivity contribution in [1.82, 2.24) is 10.2 Å². The van der Waals surface area contributed by atoms with Gasteiger partial charge in [0.05, 0.1) is 5.69 Å². The molecule has 0 bridgehead atoms. The van der Waals surface area contributed by atoms with Gasteiger partial charge in [-0.3, -0.25) is 4.90 Å².